The van der Waals surface area contributed by atoms with Gasteiger partial charge >= 0.3 is 5.97 Å². The number of carboxylic acids is 1. The van der Waals surface area contributed by atoms with Crippen LogP contribution in [0.2, 0.25) is 0 Å². The number of nitrogens with zero attached hydrogens (tertiary/aromatic N) is 1. The van der Waals surface area contributed by atoms with Gasteiger partial charge in [0.05, 0.1) is 0 Å². The molecule has 4 nitrogen and oxygen atoms in total. The second-order valence-corrected chi connectivity index (χ2v) is 4.00. The minimum Gasteiger partial charge on any atom is -0.478 e. The molecule has 5 heteroatoms. The Morgan fingerprint density at radius 2 is 1.89 bits per heavy atom. The van der Waals surface area contributed by atoms with Crippen LogP contribution in [0, 0.1) is 0 Å². The molecule has 0 saturated carbocycles. The first-order valence-electron chi connectivity index (χ1n) is 5.61. The lowest BCUT2D eigenvalue weighted by atomic mass is 10.2. The number of carbonyl (C=O) groups is 1. The van der Waals surface area contributed by atoms with Crippen LogP contribution in [0.3, 0.4) is 0 Å². The van der Waals surface area contributed by atoms with E-state index in [0.29, 0.717) is 13.1 Å². The Labute approximate surface area is 117 Å². The van der Waals surface area contributed by atoms with Gasteiger partial charge < -0.3 is 14.7 Å². The number of ether oxygens (including phenoxy) is 1. The molecule has 0 aromatic heterocycles. The van der Waals surface area contributed by atoms with Crippen molar-refractivity contribution in [1.29, 1.82) is 0 Å². The number of hydrogen-bond donors (Lipinski definition) is 1. The summed E-state index contributed by atoms with van der Waals surface area (Å²) in [7, 11) is 0. The highest BCUT2D eigenvalue weighted by molar-refractivity contribution is 7.80. The summed E-state index contributed by atoms with van der Waals surface area (Å²) in [6.07, 6.45) is 3.37. The number of thiocarbonyl (C=S) groups is 1. The van der Waals surface area contributed by atoms with Crippen LogP contribution in [0.25, 0.3) is 0 Å². The quantitative estimate of drug-likeness (QED) is 0.640. The third kappa shape index (κ3) is 4.22. The zero-order valence-electron chi connectivity index (χ0n) is 10.4. The lowest BCUT2D eigenvalue weighted by Gasteiger charge is -2.22. The van der Waals surface area contributed by atoms with Crippen LogP contribution < -0.4 is 4.74 Å². The van der Waals surface area contributed by atoms with E-state index in [9.17, 15) is 4.79 Å². The second kappa shape index (κ2) is 7.33. The number of para-hydroxylation sites is 1. The van der Waals surface area contributed by atoms with E-state index in [-0.39, 0.29) is 16.5 Å². The van der Waals surface area contributed by atoms with Crippen molar-refractivity contribution in [1.82, 2.24) is 4.90 Å². The summed E-state index contributed by atoms with van der Waals surface area (Å²) in [5.74, 6) is -0.837. The molecule has 0 unspecified atom stereocenters. The molecule has 0 bridgehead atoms. The monoisotopic (exact) mass is 277 g/mol. The van der Waals surface area contributed by atoms with E-state index >= 15 is 0 Å². The summed E-state index contributed by atoms with van der Waals surface area (Å²) in [5.41, 5.74) is 0.0713. The highest BCUT2D eigenvalue weighted by Crippen LogP contribution is 2.18. The molecule has 0 aliphatic heterocycles. The number of benzene rings is 1. The molecular weight excluding hydrogens is 262 g/mol. The van der Waals surface area contributed by atoms with Gasteiger partial charge in [0.15, 0.2) is 0 Å². The van der Waals surface area contributed by atoms with Gasteiger partial charge in [-0.15, -0.1) is 13.2 Å². The fourth-order valence-corrected chi connectivity index (χ4v) is 1.67. The van der Waals surface area contributed by atoms with E-state index in [1.54, 1.807) is 35.3 Å². The maximum Gasteiger partial charge on any atom is 0.339 e. The molecule has 0 aliphatic rings. The molecule has 100 valence electrons. The lowest BCUT2D eigenvalue weighted by Crippen LogP contribution is -2.33. The molecule has 0 amide bonds. The molecule has 0 saturated heterocycles. The topological polar surface area (TPSA) is 49.8 Å². The molecule has 0 spiro atoms. The summed E-state index contributed by atoms with van der Waals surface area (Å²) in [6, 6.07) is 6.35. The van der Waals surface area contributed by atoms with Crippen LogP contribution >= 0.6 is 12.2 Å². The van der Waals surface area contributed by atoms with E-state index in [1.807, 2.05) is 0 Å². The smallest absolute Gasteiger partial charge is 0.339 e. The maximum absolute atomic E-state index is 11.1. The summed E-state index contributed by atoms with van der Waals surface area (Å²) in [5, 5.41) is 9.24. The van der Waals surface area contributed by atoms with Crippen LogP contribution in [-0.2, 0) is 0 Å². The maximum atomic E-state index is 11.1. The SMILES string of the molecule is C=CCN(CC=C)C(=S)Oc1ccccc1C(=O)O. The third-order valence-corrected chi connectivity index (χ3v) is 2.61. The molecule has 19 heavy (non-hydrogen) atoms. The average Bonchev–Trinajstić information content (AvgIpc) is 2.38. The van der Waals surface area contributed by atoms with E-state index in [4.69, 9.17) is 22.1 Å². The summed E-state index contributed by atoms with van der Waals surface area (Å²) >= 11 is 5.15. The van der Waals surface area contributed by atoms with Crippen molar-refractivity contribution in [3.8, 4) is 5.75 Å². The molecule has 0 heterocycles. The van der Waals surface area contributed by atoms with Crippen molar-refractivity contribution in [3.63, 3.8) is 0 Å². The molecule has 0 radical (unpaired) electrons. The molecule has 0 aliphatic carbocycles. The summed E-state index contributed by atoms with van der Waals surface area (Å²) < 4.78 is 5.46. The van der Waals surface area contributed by atoms with Crippen LogP contribution in [-0.4, -0.2) is 34.2 Å². The Morgan fingerprint density at radius 3 is 2.42 bits per heavy atom. The Balaban J connectivity index is 2.88. The standard InChI is InChI=1S/C14H15NO3S/c1-3-9-15(10-4-2)14(19)18-12-8-6-5-7-11(12)13(16)17/h3-8H,1-2,9-10H2,(H,16,17). The molecular formula is C14H15NO3S. The fraction of sp³-hybridized carbons (Fsp3) is 0.143. The minimum atomic E-state index is -1.06. The van der Waals surface area contributed by atoms with E-state index < -0.39 is 5.97 Å². The van der Waals surface area contributed by atoms with Crippen LogP contribution in [0.1, 0.15) is 10.4 Å². The van der Waals surface area contributed by atoms with Gasteiger partial charge in [0.1, 0.15) is 11.3 Å². The van der Waals surface area contributed by atoms with E-state index in [1.165, 1.54) is 6.07 Å². The molecule has 1 N–H and O–H groups in total. The van der Waals surface area contributed by atoms with Gasteiger partial charge in [-0.3, -0.25) is 0 Å². The highest BCUT2D eigenvalue weighted by Gasteiger charge is 2.14. The number of carboxylic acid groups (broad SMARTS) is 1. The van der Waals surface area contributed by atoms with Gasteiger partial charge in [0, 0.05) is 13.1 Å². The van der Waals surface area contributed by atoms with Crippen molar-refractivity contribution in [2.24, 2.45) is 0 Å². The van der Waals surface area contributed by atoms with Gasteiger partial charge in [0.25, 0.3) is 5.17 Å². The van der Waals surface area contributed by atoms with Gasteiger partial charge in [-0.1, -0.05) is 24.3 Å². The molecule has 0 atom stereocenters. The molecule has 1 aromatic rings. The minimum absolute atomic E-state index is 0.0713. The third-order valence-electron chi connectivity index (χ3n) is 2.27. The lowest BCUT2D eigenvalue weighted by molar-refractivity contribution is 0.0694. The Kier molecular flexibility index (Phi) is 5.75. The van der Waals surface area contributed by atoms with Crippen LogP contribution in [0.5, 0.6) is 5.75 Å². The summed E-state index contributed by atoms with van der Waals surface area (Å²) in [6.45, 7) is 8.27. The zero-order chi connectivity index (χ0) is 14.3. The van der Waals surface area contributed by atoms with Gasteiger partial charge in [-0.2, -0.15) is 0 Å². The van der Waals surface area contributed by atoms with E-state index in [2.05, 4.69) is 13.2 Å². The number of aromatic carboxylic acids is 1. The fourth-order valence-electron chi connectivity index (χ4n) is 1.43. The number of hydrogen-bond acceptors (Lipinski definition) is 3. The van der Waals surface area contributed by atoms with Gasteiger partial charge in [-0.05, 0) is 24.4 Å². The number of rotatable bonds is 6. The molecule has 0 fully saturated rings. The molecule has 1 aromatic carbocycles. The van der Waals surface area contributed by atoms with Crippen molar-refractivity contribution in [3.05, 3.63) is 55.1 Å². The Morgan fingerprint density at radius 1 is 1.32 bits per heavy atom. The second-order valence-electron chi connectivity index (χ2n) is 3.65. The normalized spacial score (nSPS) is 9.47. The van der Waals surface area contributed by atoms with E-state index in [0.717, 1.165) is 0 Å². The first kappa shape index (κ1) is 14.9. The highest BCUT2D eigenvalue weighted by atomic mass is 32.1. The van der Waals surface area contributed by atoms with Crippen LogP contribution in [0.4, 0.5) is 0 Å². The Hall–Kier alpha value is -2.14. The van der Waals surface area contributed by atoms with Gasteiger partial charge in [0.2, 0.25) is 0 Å². The van der Waals surface area contributed by atoms with Crippen molar-refractivity contribution in [2.45, 2.75) is 0 Å². The largest absolute Gasteiger partial charge is 0.478 e. The van der Waals surface area contributed by atoms with Crippen molar-refractivity contribution < 1.29 is 14.6 Å². The Bertz CT molecular complexity index is 489. The first-order chi connectivity index (χ1) is 9.10. The molecule has 1 rings (SSSR count). The first-order valence-corrected chi connectivity index (χ1v) is 6.01. The summed E-state index contributed by atoms with van der Waals surface area (Å²) in [4.78, 5) is 12.8. The van der Waals surface area contributed by atoms with Crippen molar-refractivity contribution in [2.75, 3.05) is 13.1 Å². The van der Waals surface area contributed by atoms with Crippen LogP contribution in [0.15, 0.2) is 49.6 Å². The van der Waals surface area contributed by atoms with Crippen molar-refractivity contribution >= 4 is 23.4 Å². The predicted molar refractivity (Wildman–Crippen MR) is 78.6 cm³/mol. The predicted octanol–water partition coefficient (Wildman–Crippen LogP) is 2.72. The zero-order valence-corrected chi connectivity index (χ0v) is 11.2. The average molecular weight is 277 g/mol. The van der Waals surface area contributed by atoms with Gasteiger partial charge in [-0.25, -0.2) is 4.79 Å².